The highest BCUT2D eigenvalue weighted by Crippen LogP contribution is 2.20. The molecule has 2 rings (SSSR count). The van der Waals surface area contributed by atoms with E-state index in [1.54, 1.807) is 0 Å². The van der Waals surface area contributed by atoms with Crippen molar-refractivity contribution >= 4 is 0 Å². The number of nitrogens with zero attached hydrogens (tertiary/aromatic N) is 1. The van der Waals surface area contributed by atoms with Gasteiger partial charge in [0.05, 0.1) is 0 Å². The Kier molecular flexibility index (Phi) is 4.42. The first-order valence-corrected chi connectivity index (χ1v) is 6.48. The van der Waals surface area contributed by atoms with Crippen LogP contribution >= 0.6 is 0 Å². The molecule has 1 saturated heterocycles. The number of aliphatic hydroxyl groups is 1. The Morgan fingerprint density at radius 3 is 2.80 bits per heavy atom. The molecule has 2 fully saturated rings. The van der Waals surface area contributed by atoms with Gasteiger partial charge in [0.25, 0.3) is 0 Å². The van der Waals surface area contributed by atoms with Crippen LogP contribution in [0.15, 0.2) is 0 Å². The fraction of sp³-hybridized carbons (Fsp3) is 1.00. The molecular weight excluding hydrogens is 188 g/mol. The molecule has 1 unspecified atom stereocenters. The minimum atomic E-state index is 0.344. The first-order valence-electron chi connectivity index (χ1n) is 6.48. The van der Waals surface area contributed by atoms with E-state index >= 15 is 0 Å². The van der Waals surface area contributed by atoms with Crippen LogP contribution in [0.3, 0.4) is 0 Å². The van der Waals surface area contributed by atoms with Gasteiger partial charge in [0.2, 0.25) is 0 Å². The Bertz CT molecular complexity index is 180. The Morgan fingerprint density at radius 2 is 2.07 bits per heavy atom. The Labute approximate surface area is 92.8 Å². The van der Waals surface area contributed by atoms with Crippen LogP contribution in [0.2, 0.25) is 0 Å². The summed E-state index contributed by atoms with van der Waals surface area (Å²) in [4.78, 5) is 2.56. The van der Waals surface area contributed by atoms with E-state index in [1.165, 1.54) is 45.2 Å². The molecule has 0 bridgehead atoms. The van der Waals surface area contributed by atoms with Crippen molar-refractivity contribution in [2.75, 3.05) is 26.2 Å². The SMILES string of the molecule is OCCC1CCCCN1CCNC1CC1. The van der Waals surface area contributed by atoms with Crippen molar-refractivity contribution in [2.45, 2.75) is 50.6 Å². The highest BCUT2D eigenvalue weighted by Gasteiger charge is 2.23. The fourth-order valence-corrected chi connectivity index (χ4v) is 2.53. The van der Waals surface area contributed by atoms with Crippen molar-refractivity contribution in [3.05, 3.63) is 0 Å². The number of hydrogen-bond donors (Lipinski definition) is 2. The van der Waals surface area contributed by atoms with Gasteiger partial charge in [0.1, 0.15) is 0 Å². The van der Waals surface area contributed by atoms with Gasteiger partial charge in [0, 0.05) is 31.8 Å². The first-order chi connectivity index (χ1) is 7.40. The molecule has 0 amide bonds. The van der Waals surface area contributed by atoms with Gasteiger partial charge in [-0.2, -0.15) is 0 Å². The lowest BCUT2D eigenvalue weighted by Crippen LogP contribution is -2.43. The standard InChI is InChI=1S/C12H24N2O/c15-10-6-12-3-1-2-8-14(12)9-7-13-11-4-5-11/h11-13,15H,1-10H2. The molecule has 1 saturated carbocycles. The molecule has 2 N–H and O–H groups in total. The molecule has 88 valence electrons. The van der Waals surface area contributed by atoms with Gasteiger partial charge in [-0.1, -0.05) is 6.42 Å². The van der Waals surface area contributed by atoms with E-state index in [2.05, 4.69) is 10.2 Å². The molecule has 3 heteroatoms. The van der Waals surface area contributed by atoms with Gasteiger partial charge < -0.3 is 10.4 Å². The van der Waals surface area contributed by atoms with Crippen LogP contribution in [0.5, 0.6) is 0 Å². The van der Waals surface area contributed by atoms with Crippen molar-refractivity contribution in [1.29, 1.82) is 0 Å². The van der Waals surface area contributed by atoms with Gasteiger partial charge >= 0.3 is 0 Å². The summed E-state index contributed by atoms with van der Waals surface area (Å²) < 4.78 is 0. The van der Waals surface area contributed by atoms with E-state index < -0.39 is 0 Å². The smallest absolute Gasteiger partial charge is 0.0445 e. The predicted octanol–water partition coefficient (Wildman–Crippen LogP) is 0.975. The summed E-state index contributed by atoms with van der Waals surface area (Å²) in [6, 6.07) is 1.47. The summed E-state index contributed by atoms with van der Waals surface area (Å²) in [6.07, 6.45) is 7.68. The summed E-state index contributed by atoms with van der Waals surface area (Å²) in [5.74, 6) is 0. The Morgan fingerprint density at radius 1 is 1.20 bits per heavy atom. The lowest BCUT2D eigenvalue weighted by Gasteiger charge is -2.35. The van der Waals surface area contributed by atoms with Crippen LogP contribution < -0.4 is 5.32 Å². The lowest BCUT2D eigenvalue weighted by molar-refractivity contribution is 0.120. The molecule has 3 nitrogen and oxygen atoms in total. The molecule has 1 heterocycles. The van der Waals surface area contributed by atoms with Crippen LogP contribution in [0.1, 0.15) is 38.5 Å². The highest BCUT2D eigenvalue weighted by atomic mass is 16.3. The molecule has 0 aromatic heterocycles. The predicted molar refractivity (Wildman–Crippen MR) is 61.9 cm³/mol. The summed E-state index contributed by atoms with van der Waals surface area (Å²) in [6.45, 7) is 3.88. The maximum atomic E-state index is 9.02. The number of likely N-dealkylation sites (tertiary alicyclic amines) is 1. The molecule has 15 heavy (non-hydrogen) atoms. The molecule has 1 aliphatic heterocycles. The van der Waals surface area contributed by atoms with Crippen molar-refractivity contribution < 1.29 is 5.11 Å². The zero-order chi connectivity index (χ0) is 10.5. The molecule has 1 atom stereocenters. The van der Waals surface area contributed by atoms with Gasteiger partial charge in [-0.05, 0) is 38.6 Å². The molecule has 0 aromatic rings. The fourth-order valence-electron chi connectivity index (χ4n) is 2.53. The van der Waals surface area contributed by atoms with E-state index in [4.69, 9.17) is 5.11 Å². The van der Waals surface area contributed by atoms with Crippen LogP contribution in [0.4, 0.5) is 0 Å². The lowest BCUT2D eigenvalue weighted by atomic mass is 10.00. The zero-order valence-corrected chi connectivity index (χ0v) is 9.62. The Hall–Kier alpha value is -0.120. The summed E-state index contributed by atoms with van der Waals surface area (Å²) in [5, 5.41) is 12.6. The molecule has 2 aliphatic rings. The third-order valence-corrected chi connectivity index (χ3v) is 3.62. The van der Waals surface area contributed by atoms with E-state index in [0.717, 1.165) is 19.0 Å². The minimum absolute atomic E-state index is 0.344. The second-order valence-corrected chi connectivity index (χ2v) is 4.93. The van der Waals surface area contributed by atoms with Crippen LogP contribution in [0.25, 0.3) is 0 Å². The van der Waals surface area contributed by atoms with Crippen LogP contribution in [0, 0.1) is 0 Å². The zero-order valence-electron chi connectivity index (χ0n) is 9.62. The maximum Gasteiger partial charge on any atom is 0.0445 e. The van der Waals surface area contributed by atoms with Crippen molar-refractivity contribution in [2.24, 2.45) is 0 Å². The van der Waals surface area contributed by atoms with Crippen LogP contribution in [-0.4, -0.2) is 48.3 Å². The Balaban J connectivity index is 1.66. The normalized spacial score (nSPS) is 28.2. The van der Waals surface area contributed by atoms with Gasteiger partial charge in [-0.15, -0.1) is 0 Å². The number of rotatable bonds is 6. The highest BCUT2D eigenvalue weighted by molar-refractivity contribution is 4.82. The second kappa shape index (κ2) is 5.83. The van der Waals surface area contributed by atoms with Crippen LogP contribution in [-0.2, 0) is 0 Å². The molecule has 0 radical (unpaired) electrons. The van der Waals surface area contributed by atoms with Gasteiger partial charge in [-0.25, -0.2) is 0 Å². The van der Waals surface area contributed by atoms with Crippen molar-refractivity contribution in [3.63, 3.8) is 0 Å². The number of hydrogen-bond acceptors (Lipinski definition) is 3. The molecular formula is C12H24N2O. The minimum Gasteiger partial charge on any atom is -0.396 e. The van der Waals surface area contributed by atoms with Gasteiger partial charge in [-0.3, -0.25) is 4.90 Å². The molecule has 0 spiro atoms. The number of piperidine rings is 1. The second-order valence-electron chi connectivity index (χ2n) is 4.93. The molecule has 0 aromatic carbocycles. The van der Waals surface area contributed by atoms with Gasteiger partial charge in [0.15, 0.2) is 0 Å². The average molecular weight is 212 g/mol. The topological polar surface area (TPSA) is 35.5 Å². The van der Waals surface area contributed by atoms with Crippen molar-refractivity contribution in [3.8, 4) is 0 Å². The third kappa shape index (κ3) is 3.74. The largest absolute Gasteiger partial charge is 0.396 e. The summed E-state index contributed by atoms with van der Waals surface area (Å²) in [7, 11) is 0. The van der Waals surface area contributed by atoms with E-state index in [9.17, 15) is 0 Å². The third-order valence-electron chi connectivity index (χ3n) is 3.62. The first kappa shape index (κ1) is 11.4. The average Bonchev–Trinajstić information content (AvgIpc) is 3.05. The quantitative estimate of drug-likeness (QED) is 0.689. The number of nitrogens with one attached hydrogen (secondary N) is 1. The van der Waals surface area contributed by atoms with E-state index in [0.29, 0.717) is 12.6 Å². The maximum absolute atomic E-state index is 9.02. The van der Waals surface area contributed by atoms with E-state index in [-0.39, 0.29) is 0 Å². The molecule has 1 aliphatic carbocycles. The number of aliphatic hydroxyl groups excluding tert-OH is 1. The summed E-state index contributed by atoms with van der Waals surface area (Å²) >= 11 is 0. The van der Waals surface area contributed by atoms with E-state index in [1.807, 2.05) is 0 Å². The van der Waals surface area contributed by atoms with Crippen molar-refractivity contribution in [1.82, 2.24) is 10.2 Å². The monoisotopic (exact) mass is 212 g/mol. The summed E-state index contributed by atoms with van der Waals surface area (Å²) in [5.41, 5.74) is 0.